The van der Waals surface area contributed by atoms with Crippen molar-refractivity contribution >= 4 is 29.1 Å². The van der Waals surface area contributed by atoms with Gasteiger partial charge < -0.3 is 20.1 Å². The van der Waals surface area contributed by atoms with E-state index in [9.17, 15) is 4.79 Å². The van der Waals surface area contributed by atoms with Crippen LogP contribution in [0.2, 0.25) is 0 Å². The number of nitrogens with one attached hydrogen (secondary N) is 2. The molecule has 1 heterocycles. The lowest BCUT2D eigenvalue weighted by Gasteiger charge is -2.09. The summed E-state index contributed by atoms with van der Waals surface area (Å²) in [5.41, 5.74) is 2.07. The van der Waals surface area contributed by atoms with Crippen molar-refractivity contribution in [3.8, 4) is 5.75 Å². The molecule has 0 amide bonds. The van der Waals surface area contributed by atoms with Gasteiger partial charge in [0.25, 0.3) is 0 Å². The first kappa shape index (κ1) is 19.1. The number of carbonyl (C=O) groups excluding carboxylic acids is 1. The van der Waals surface area contributed by atoms with Crippen LogP contribution in [-0.4, -0.2) is 34.4 Å². The Bertz CT molecular complexity index is 914. The Hall–Kier alpha value is -3.68. The molecule has 28 heavy (non-hydrogen) atoms. The molecule has 0 aliphatic rings. The van der Waals surface area contributed by atoms with Crippen LogP contribution in [0.4, 0.5) is 23.1 Å². The highest BCUT2D eigenvalue weighted by atomic mass is 16.5. The largest absolute Gasteiger partial charge is 0.494 e. The number of rotatable bonds is 8. The van der Waals surface area contributed by atoms with E-state index in [1.807, 2.05) is 31.2 Å². The average Bonchev–Trinajstić information content (AvgIpc) is 2.71. The minimum absolute atomic E-state index is 0.333. The van der Waals surface area contributed by atoms with E-state index in [0.29, 0.717) is 30.5 Å². The lowest BCUT2D eigenvalue weighted by atomic mass is 10.2. The molecule has 2 N–H and O–H groups in total. The molecule has 1 aromatic heterocycles. The van der Waals surface area contributed by atoms with Gasteiger partial charge >= 0.3 is 5.97 Å². The maximum absolute atomic E-state index is 11.7. The highest BCUT2D eigenvalue weighted by Gasteiger charge is 2.07. The standard InChI is InChI=1S/C20H21N5O3/c1-3-27-17-11-9-15(10-12-17)22-18-13-21-25-20(24-18)23-16-7-5-14(6-8-16)19(26)28-4-2/h5-13H,3-4H2,1-2H3,(H2,22,23,24,25). The highest BCUT2D eigenvalue weighted by Crippen LogP contribution is 2.20. The second kappa shape index (κ2) is 9.31. The summed E-state index contributed by atoms with van der Waals surface area (Å²) in [6.07, 6.45) is 1.53. The molecule has 0 aliphatic carbocycles. The molecule has 0 saturated carbocycles. The Morgan fingerprint density at radius 3 is 2.29 bits per heavy atom. The Morgan fingerprint density at radius 2 is 1.61 bits per heavy atom. The van der Waals surface area contributed by atoms with Crippen LogP contribution in [0.25, 0.3) is 0 Å². The molecule has 8 heteroatoms. The maximum atomic E-state index is 11.7. The number of nitrogens with zero attached hydrogens (tertiary/aromatic N) is 3. The number of hydrogen-bond acceptors (Lipinski definition) is 8. The quantitative estimate of drug-likeness (QED) is 0.568. The van der Waals surface area contributed by atoms with Crippen LogP contribution in [0.3, 0.4) is 0 Å². The zero-order valence-electron chi connectivity index (χ0n) is 15.7. The van der Waals surface area contributed by atoms with Crippen LogP contribution in [0.5, 0.6) is 5.75 Å². The van der Waals surface area contributed by atoms with E-state index < -0.39 is 0 Å². The number of ether oxygens (including phenoxy) is 2. The van der Waals surface area contributed by atoms with Gasteiger partial charge in [0.15, 0.2) is 5.82 Å². The molecule has 0 spiro atoms. The van der Waals surface area contributed by atoms with Crippen molar-refractivity contribution in [1.82, 2.24) is 15.2 Å². The monoisotopic (exact) mass is 379 g/mol. The molecule has 3 aromatic rings. The molecule has 0 radical (unpaired) electrons. The molecular formula is C20H21N5O3. The Morgan fingerprint density at radius 1 is 0.929 bits per heavy atom. The summed E-state index contributed by atoms with van der Waals surface area (Å²) in [5, 5.41) is 14.2. The molecule has 0 unspecified atom stereocenters. The predicted octanol–water partition coefficient (Wildman–Crippen LogP) is 3.93. The normalized spacial score (nSPS) is 10.2. The van der Waals surface area contributed by atoms with Crippen LogP contribution < -0.4 is 15.4 Å². The van der Waals surface area contributed by atoms with E-state index in [0.717, 1.165) is 17.1 Å². The summed E-state index contributed by atoms with van der Waals surface area (Å²) >= 11 is 0. The van der Waals surface area contributed by atoms with Gasteiger partial charge in [0, 0.05) is 11.4 Å². The third-order valence-corrected chi connectivity index (χ3v) is 3.65. The second-order valence-corrected chi connectivity index (χ2v) is 5.67. The van der Waals surface area contributed by atoms with Crippen LogP contribution >= 0.6 is 0 Å². The molecule has 0 fully saturated rings. The summed E-state index contributed by atoms with van der Waals surface area (Å²) in [4.78, 5) is 16.1. The SMILES string of the molecule is CCOC(=O)c1ccc(Nc2nncc(Nc3ccc(OCC)cc3)n2)cc1. The van der Waals surface area contributed by atoms with Crippen molar-refractivity contribution in [3.05, 3.63) is 60.3 Å². The van der Waals surface area contributed by atoms with Gasteiger partial charge in [-0.3, -0.25) is 0 Å². The van der Waals surface area contributed by atoms with Crippen molar-refractivity contribution in [1.29, 1.82) is 0 Å². The van der Waals surface area contributed by atoms with E-state index in [1.165, 1.54) is 6.20 Å². The Balaban J connectivity index is 1.65. The van der Waals surface area contributed by atoms with E-state index >= 15 is 0 Å². The molecule has 0 bridgehead atoms. The van der Waals surface area contributed by atoms with Crippen LogP contribution in [0.1, 0.15) is 24.2 Å². The van der Waals surface area contributed by atoms with Crippen molar-refractivity contribution in [3.63, 3.8) is 0 Å². The molecule has 2 aromatic carbocycles. The number of benzene rings is 2. The van der Waals surface area contributed by atoms with E-state index in [1.54, 1.807) is 31.2 Å². The molecule has 0 aliphatic heterocycles. The lowest BCUT2D eigenvalue weighted by Crippen LogP contribution is -2.05. The molecule has 8 nitrogen and oxygen atoms in total. The third kappa shape index (κ3) is 5.16. The number of aromatic nitrogens is 3. The van der Waals surface area contributed by atoms with Crippen LogP contribution in [0.15, 0.2) is 54.7 Å². The highest BCUT2D eigenvalue weighted by molar-refractivity contribution is 5.89. The smallest absolute Gasteiger partial charge is 0.338 e. The first-order chi connectivity index (χ1) is 13.7. The third-order valence-electron chi connectivity index (χ3n) is 3.65. The van der Waals surface area contributed by atoms with E-state index in [4.69, 9.17) is 9.47 Å². The predicted molar refractivity (Wildman–Crippen MR) is 106 cm³/mol. The van der Waals surface area contributed by atoms with Gasteiger partial charge in [0.1, 0.15) is 5.75 Å². The van der Waals surface area contributed by atoms with E-state index in [2.05, 4.69) is 25.8 Å². The van der Waals surface area contributed by atoms with Gasteiger partial charge in [0.2, 0.25) is 5.95 Å². The van der Waals surface area contributed by atoms with Crippen LogP contribution in [-0.2, 0) is 4.74 Å². The number of hydrogen-bond donors (Lipinski definition) is 2. The number of esters is 1. The maximum Gasteiger partial charge on any atom is 0.338 e. The van der Waals surface area contributed by atoms with Crippen molar-refractivity contribution < 1.29 is 14.3 Å². The van der Waals surface area contributed by atoms with Crippen molar-refractivity contribution in [2.75, 3.05) is 23.8 Å². The minimum Gasteiger partial charge on any atom is -0.494 e. The summed E-state index contributed by atoms with van der Waals surface area (Å²) in [7, 11) is 0. The molecular weight excluding hydrogens is 358 g/mol. The zero-order valence-corrected chi connectivity index (χ0v) is 15.7. The van der Waals surface area contributed by atoms with Gasteiger partial charge in [-0.2, -0.15) is 10.1 Å². The fraction of sp³-hybridized carbons (Fsp3) is 0.200. The Kier molecular flexibility index (Phi) is 6.35. The average molecular weight is 379 g/mol. The summed E-state index contributed by atoms with van der Waals surface area (Å²) in [6.45, 7) is 4.68. The van der Waals surface area contributed by atoms with Gasteiger partial charge in [-0.1, -0.05) is 0 Å². The summed E-state index contributed by atoms with van der Waals surface area (Å²) in [5.74, 6) is 1.33. The zero-order chi connectivity index (χ0) is 19.8. The summed E-state index contributed by atoms with van der Waals surface area (Å²) in [6, 6.07) is 14.4. The molecule has 3 rings (SSSR count). The van der Waals surface area contributed by atoms with Crippen molar-refractivity contribution in [2.24, 2.45) is 0 Å². The number of carbonyl (C=O) groups is 1. The fourth-order valence-corrected chi connectivity index (χ4v) is 2.40. The van der Waals surface area contributed by atoms with Gasteiger partial charge in [-0.05, 0) is 62.4 Å². The lowest BCUT2D eigenvalue weighted by molar-refractivity contribution is 0.0526. The minimum atomic E-state index is -0.353. The summed E-state index contributed by atoms with van der Waals surface area (Å²) < 4.78 is 10.4. The molecule has 0 atom stereocenters. The first-order valence-electron chi connectivity index (χ1n) is 8.91. The fourth-order valence-electron chi connectivity index (χ4n) is 2.40. The van der Waals surface area contributed by atoms with E-state index in [-0.39, 0.29) is 5.97 Å². The molecule has 0 saturated heterocycles. The second-order valence-electron chi connectivity index (χ2n) is 5.67. The molecule has 144 valence electrons. The van der Waals surface area contributed by atoms with Crippen LogP contribution in [0, 0.1) is 0 Å². The first-order valence-corrected chi connectivity index (χ1v) is 8.91. The Labute approximate surface area is 162 Å². The van der Waals surface area contributed by atoms with Gasteiger partial charge in [-0.25, -0.2) is 4.79 Å². The van der Waals surface area contributed by atoms with Crippen molar-refractivity contribution in [2.45, 2.75) is 13.8 Å². The topological polar surface area (TPSA) is 98.3 Å². The van der Waals surface area contributed by atoms with Gasteiger partial charge in [0.05, 0.1) is 25.0 Å². The van der Waals surface area contributed by atoms with Gasteiger partial charge in [-0.15, -0.1) is 5.10 Å². The number of anilines is 4.